The summed E-state index contributed by atoms with van der Waals surface area (Å²) in [6.45, 7) is 1.53. The molecule has 0 radical (unpaired) electrons. The first-order valence-corrected chi connectivity index (χ1v) is 13.1. The zero-order valence-corrected chi connectivity index (χ0v) is 20.3. The molecule has 0 aliphatic heterocycles. The molecule has 2 aliphatic rings. The number of carbonyl (C=O) groups excluding carboxylic acids is 2. The summed E-state index contributed by atoms with van der Waals surface area (Å²) in [4.78, 5) is 28.6. The van der Waals surface area contributed by atoms with E-state index in [9.17, 15) is 9.59 Å². The molecule has 3 N–H and O–H groups in total. The van der Waals surface area contributed by atoms with Gasteiger partial charge in [0.1, 0.15) is 0 Å². The number of hydrogen-bond donors (Lipinski definition) is 2. The number of nitrogens with two attached hydrogens (primary N) is 1. The molecular formula is C29H39N3O2. The first-order chi connectivity index (χ1) is 16.6. The Kier molecular flexibility index (Phi) is 8.75. The van der Waals surface area contributed by atoms with Crippen molar-refractivity contribution in [1.29, 1.82) is 0 Å². The minimum atomic E-state index is 0.0930. The zero-order valence-electron chi connectivity index (χ0n) is 20.3. The van der Waals surface area contributed by atoms with Crippen LogP contribution >= 0.6 is 0 Å². The SMILES string of the molecule is NCc1cccc(CN(Cc2ccccc2NC(=O)C2CCCCC2)C(=O)C2CCCCC2)c1. The van der Waals surface area contributed by atoms with E-state index in [1.807, 2.05) is 41.3 Å². The predicted octanol–water partition coefficient (Wildman–Crippen LogP) is 5.77. The highest BCUT2D eigenvalue weighted by molar-refractivity contribution is 5.93. The molecule has 2 aromatic carbocycles. The van der Waals surface area contributed by atoms with Crippen LogP contribution in [-0.2, 0) is 29.2 Å². The van der Waals surface area contributed by atoms with Gasteiger partial charge in [0.2, 0.25) is 11.8 Å². The lowest BCUT2D eigenvalue weighted by molar-refractivity contribution is -0.137. The van der Waals surface area contributed by atoms with Crippen molar-refractivity contribution in [2.75, 3.05) is 5.32 Å². The molecule has 0 unspecified atom stereocenters. The Morgan fingerprint density at radius 3 is 2.15 bits per heavy atom. The molecule has 4 rings (SSSR count). The van der Waals surface area contributed by atoms with Gasteiger partial charge in [-0.25, -0.2) is 0 Å². The van der Waals surface area contributed by atoms with Crippen molar-refractivity contribution in [3.05, 3.63) is 65.2 Å². The number of hydrogen-bond acceptors (Lipinski definition) is 3. The molecular weight excluding hydrogens is 422 g/mol. The average Bonchev–Trinajstić information content (AvgIpc) is 2.90. The van der Waals surface area contributed by atoms with Crippen LogP contribution in [0.25, 0.3) is 0 Å². The minimum Gasteiger partial charge on any atom is -0.334 e. The fourth-order valence-corrected chi connectivity index (χ4v) is 5.48. The van der Waals surface area contributed by atoms with Gasteiger partial charge in [-0.15, -0.1) is 0 Å². The van der Waals surface area contributed by atoms with Crippen LogP contribution in [0.2, 0.25) is 0 Å². The maximum absolute atomic E-state index is 13.7. The van der Waals surface area contributed by atoms with Crippen LogP contribution in [0.1, 0.15) is 80.9 Å². The Balaban J connectivity index is 1.54. The van der Waals surface area contributed by atoms with Gasteiger partial charge >= 0.3 is 0 Å². The third kappa shape index (κ3) is 6.47. The predicted molar refractivity (Wildman–Crippen MR) is 137 cm³/mol. The topological polar surface area (TPSA) is 75.4 Å². The number of nitrogens with zero attached hydrogens (tertiary/aromatic N) is 1. The number of amides is 2. The van der Waals surface area contributed by atoms with E-state index in [1.165, 1.54) is 12.8 Å². The molecule has 2 saturated carbocycles. The Labute approximate surface area is 204 Å². The molecule has 0 saturated heterocycles. The molecule has 0 atom stereocenters. The normalized spacial score (nSPS) is 17.3. The van der Waals surface area contributed by atoms with Crippen molar-refractivity contribution in [3.63, 3.8) is 0 Å². The van der Waals surface area contributed by atoms with Crippen molar-refractivity contribution in [1.82, 2.24) is 4.90 Å². The van der Waals surface area contributed by atoms with Crippen molar-refractivity contribution >= 4 is 17.5 Å². The van der Waals surface area contributed by atoms with Gasteiger partial charge in [0.25, 0.3) is 0 Å². The van der Waals surface area contributed by atoms with E-state index >= 15 is 0 Å². The third-order valence-electron chi connectivity index (χ3n) is 7.48. The Bertz CT molecular complexity index is 961. The van der Waals surface area contributed by atoms with E-state index in [-0.39, 0.29) is 23.7 Å². The fraction of sp³-hybridized carbons (Fsp3) is 0.517. The van der Waals surface area contributed by atoms with Crippen molar-refractivity contribution in [2.24, 2.45) is 17.6 Å². The van der Waals surface area contributed by atoms with E-state index in [1.54, 1.807) is 0 Å². The van der Waals surface area contributed by atoms with Crippen LogP contribution in [0.4, 0.5) is 5.69 Å². The molecule has 0 bridgehead atoms. The van der Waals surface area contributed by atoms with Crippen molar-refractivity contribution < 1.29 is 9.59 Å². The number of benzene rings is 2. The van der Waals surface area contributed by atoms with Gasteiger partial charge in [0, 0.05) is 37.2 Å². The lowest BCUT2D eigenvalue weighted by Crippen LogP contribution is -2.36. The molecule has 5 heteroatoms. The summed E-state index contributed by atoms with van der Waals surface area (Å²) in [7, 11) is 0. The second-order valence-electron chi connectivity index (χ2n) is 10.0. The summed E-state index contributed by atoms with van der Waals surface area (Å²) >= 11 is 0. The van der Waals surface area contributed by atoms with Gasteiger partial charge in [-0.05, 0) is 48.4 Å². The lowest BCUT2D eigenvalue weighted by Gasteiger charge is -2.30. The summed E-state index contributed by atoms with van der Waals surface area (Å²) < 4.78 is 0. The highest BCUT2D eigenvalue weighted by Crippen LogP contribution is 2.29. The summed E-state index contributed by atoms with van der Waals surface area (Å²) in [6, 6.07) is 16.1. The Hall–Kier alpha value is -2.66. The number of nitrogens with one attached hydrogen (secondary N) is 1. The van der Waals surface area contributed by atoms with Gasteiger partial charge in [-0.1, -0.05) is 81.0 Å². The number of rotatable bonds is 8. The molecule has 2 aliphatic carbocycles. The van der Waals surface area contributed by atoms with Crippen LogP contribution in [-0.4, -0.2) is 16.7 Å². The minimum absolute atomic E-state index is 0.0930. The monoisotopic (exact) mass is 461 g/mol. The molecule has 34 heavy (non-hydrogen) atoms. The second-order valence-corrected chi connectivity index (χ2v) is 10.0. The summed E-state index contributed by atoms with van der Waals surface area (Å²) in [5.74, 6) is 0.537. The van der Waals surface area contributed by atoms with Crippen LogP contribution in [0.5, 0.6) is 0 Å². The Morgan fingerprint density at radius 2 is 1.44 bits per heavy atom. The second kappa shape index (κ2) is 12.2. The fourth-order valence-electron chi connectivity index (χ4n) is 5.48. The van der Waals surface area contributed by atoms with E-state index in [4.69, 9.17) is 5.73 Å². The van der Waals surface area contributed by atoms with E-state index < -0.39 is 0 Å². The number of para-hydroxylation sites is 1. The average molecular weight is 462 g/mol. The molecule has 2 fully saturated rings. The smallest absolute Gasteiger partial charge is 0.227 e. The number of carbonyl (C=O) groups is 2. The van der Waals surface area contributed by atoms with Crippen LogP contribution in [0.15, 0.2) is 48.5 Å². The molecule has 0 spiro atoms. The molecule has 2 amide bonds. The highest BCUT2D eigenvalue weighted by Gasteiger charge is 2.27. The van der Waals surface area contributed by atoms with Crippen LogP contribution in [0, 0.1) is 11.8 Å². The van der Waals surface area contributed by atoms with Gasteiger partial charge < -0.3 is 16.0 Å². The molecule has 2 aromatic rings. The maximum atomic E-state index is 13.7. The van der Waals surface area contributed by atoms with Crippen molar-refractivity contribution in [3.8, 4) is 0 Å². The summed E-state index contributed by atoms with van der Waals surface area (Å²) in [5.41, 5.74) is 9.84. The largest absolute Gasteiger partial charge is 0.334 e. The summed E-state index contributed by atoms with van der Waals surface area (Å²) in [5, 5.41) is 3.19. The van der Waals surface area contributed by atoms with E-state index in [0.29, 0.717) is 19.6 Å². The highest BCUT2D eigenvalue weighted by atomic mass is 16.2. The quantitative estimate of drug-likeness (QED) is 0.524. The first kappa shape index (κ1) is 24.5. The Morgan fingerprint density at radius 1 is 0.794 bits per heavy atom. The van der Waals surface area contributed by atoms with E-state index in [0.717, 1.165) is 73.7 Å². The summed E-state index contributed by atoms with van der Waals surface area (Å²) in [6.07, 6.45) is 10.8. The lowest BCUT2D eigenvalue weighted by atomic mass is 9.88. The van der Waals surface area contributed by atoms with Gasteiger partial charge in [-0.3, -0.25) is 9.59 Å². The number of anilines is 1. The standard InChI is InChI=1S/C29H39N3O2/c30-19-22-10-9-11-23(18-22)20-32(29(34)25-14-5-2-6-15-25)21-26-16-7-8-17-27(26)31-28(33)24-12-3-1-4-13-24/h7-11,16-18,24-25H,1-6,12-15,19-21,30H2,(H,31,33). The van der Waals surface area contributed by atoms with Crippen LogP contribution in [0.3, 0.4) is 0 Å². The van der Waals surface area contributed by atoms with Gasteiger partial charge in [0.05, 0.1) is 0 Å². The van der Waals surface area contributed by atoms with Crippen LogP contribution < -0.4 is 11.1 Å². The van der Waals surface area contributed by atoms with Gasteiger partial charge in [-0.2, -0.15) is 0 Å². The third-order valence-corrected chi connectivity index (χ3v) is 7.48. The van der Waals surface area contributed by atoms with Crippen molar-refractivity contribution in [2.45, 2.75) is 83.8 Å². The molecule has 5 nitrogen and oxygen atoms in total. The zero-order chi connectivity index (χ0) is 23.8. The molecule has 182 valence electrons. The molecule has 0 heterocycles. The van der Waals surface area contributed by atoms with E-state index in [2.05, 4.69) is 17.4 Å². The maximum Gasteiger partial charge on any atom is 0.227 e. The first-order valence-electron chi connectivity index (χ1n) is 13.1. The molecule has 0 aromatic heterocycles. The van der Waals surface area contributed by atoms with Gasteiger partial charge in [0.15, 0.2) is 0 Å².